The van der Waals surface area contributed by atoms with Crippen molar-refractivity contribution in [2.24, 2.45) is 0 Å². The lowest BCUT2D eigenvalue weighted by Crippen LogP contribution is -2.52. The Hall–Kier alpha value is 0.0569. The van der Waals surface area contributed by atoms with Crippen molar-refractivity contribution in [3.63, 3.8) is 0 Å². The van der Waals surface area contributed by atoms with E-state index in [-0.39, 0.29) is 5.60 Å². The number of ether oxygens (including phenoxy) is 1. The van der Waals surface area contributed by atoms with E-state index in [0.29, 0.717) is 26.1 Å². The van der Waals surface area contributed by atoms with E-state index < -0.39 is 8.80 Å². The monoisotopic (exact) mass is 250 g/mol. The van der Waals surface area contributed by atoms with Crippen molar-refractivity contribution < 1.29 is 18.0 Å². The Kier molecular flexibility index (Phi) is 7.42. The molecule has 0 radical (unpaired) electrons. The Morgan fingerprint density at radius 1 is 0.812 bits per heavy atom. The van der Waals surface area contributed by atoms with Crippen LogP contribution in [-0.4, -0.2) is 40.5 Å². The summed E-state index contributed by atoms with van der Waals surface area (Å²) in [7, 11) is -2.63. The average Bonchev–Trinajstić information content (AvgIpc) is 2.15. The van der Waals surface area contributed by atoms with Gasteiger partial charge in [-0.05, 0) is 41.5 Å². The van der Waals surface area contributed by atoms with E-state index in [4.69, 9.17) is 18.0 Å². The minimum Gasteiger partial charge on any atom is -0.372 e. The van der Waals surface area contributed by atoms with Gasteiger partial charge in [-0.15, -0.1) is 0 Å². The highest BCUT2D eigenvalue weighted by Gasteiger charge is 2.42. The third kappa shape index (κ3) is 6.60. The maximum absolute atomic E-state index is 5.74. The van der Waals surface area contributed by atoms with Gasteiger partial charge in [-0.1, -0.05) is 0 Å². The van der Waals surface area contributed by atoms with Gasteiger partial charge < -0.3 is 18.0 Å². The molecule has 0 bridgehead atoms. The third-order valence-corrected chi connectivity index (χ3v) is 4.46. The van der Waals surface area contributed by atoms with E-state index in [1.54, 1.807) is 0 Å². The second-order valence-corrected chi connectivity index (χ2v) is 6.90. The molecule has 0 aromatic carbocycles. The normalized spacial score (nSPS) is 13.1. The van der Waals surface area contributed by atoms with Gasteiger partial charge in [0, 0.05) is 19.8 Å². The van der Waals surface area contributed by atoms with Gasteiger partial charge >= 0.3 is 8.80 Å². The van der Waals surface area contributed by atoms with E-state index in [2.05, 4.69) is 0 Å². The zero-order chi connectivity index (χ0) is 12.7. The van der Waals surface area contributed by atoms with Crippen LogP contribution in [0.1, 0.15) is 41.5 Å². The molecule has 0 spiro atoms. The molecule has 0 heterocycles. The molecule has 4 nitrogen and oxygen atoms in total. The Morgan fingerprint density at radius 2 is 1.19 bits per heavy atom. The molecule has 98 valence electrons. The van der Waals surface area contributed by atoms with Crippen LogP contribution in [-0.2, 0) is 18.0 Å². The molecule has 0 saturated carbocycles. The van der Waals surface area contributed by atoms with Crippen molar-refractivity contribution in [1.82, 2.24) is 0 Å². The molecule has 5 heteroatoms. The molecule has 0 rings (SSSR count). The SMILES string of the molecule is CCO[Si](COC(C)(C)C)(OCC)OCC. The molecule has 0 amide bonds. The van der Waals surface area contributed by atoms with Gasteiger partial charge in [0.05, 0.1) is 5.60 Å². The minimum absolute atomic E-state index is 0.205. The summed E-state index contributed by atoms with van der Waals surface area (Å²) in [4.78, 5) is 0. The van der Waals surface area contributed by atoms with E-state index in [0.717, 1.165) is 0 Å². The molecule has 0 unspecified atom stereocenters. The highest BCUT2D eigenvalue weighted by atomic mass is 28.4. The summed E-state index contributed by atoms with van der Waals surface area (Å²) in [6, 6.07) is 0. The standard InChI is InChI=1S/C11H26O4Si/c1-7-13-16(14-8-2,15-9-3)10-12-11(4,5)6/h7-10H2,1-6H3. The van der Waals surface area contributed by atoms with Gasteiger partial charge in [-0.2, -0.15) is 0 Å². The van der Waals surface area contributed by atoms with Gasteiger partial charge in [0.2, 0.25) is 0 Å². The van der Waals surface area contributed by atoms with Crippen LogP contribution < -0.4 is 0 Å². The predicted octanol–water partition coefficient (Wildman–Crippen LogP) is 2.39. The first-order valence-corrected chi connectivity index (χ1v) is 7.88. The van der Waals surface area contributed by atoms with E-state index in [1.165, 1.54) is 0 Å². The number of rotatable bonds is 8. The van der Waals surface area contributed by atoms with Crippen LogP contribution in [0.2, 0.25) is 0 Å². The molecule has 0 N–H and O–H groups in total. The molecule has 0 aliphatic heterocycles. The second-order valence-electron chi connectivity index (χ2n) is 4.38. The van der Waals surface area contributed by atoms with Crippen LogP contribution in [0, 0.1) is 0 Å². The summed E-state index contributed by atoms with van der Waals surface area (Å²) in [6.07, 6.45) is 0.409. The van der Waals surface area contributed by atoms with Crippen molar-refractivity contribution in [1.29, 1.82) is 0 Å². The average molecular weight is 250 g/mol. The first kappa shape index (κ1) is 16.1. The molecule has 0 aliphatic rings. The fraction of sp³-hybridized carbons (Fsp3) is 1.00. The lowest BCUT2D eigenvalue weighted by atomic mass is 10.2. The predicted molar refractivity (Wildman–Crippen MR) is 66.3 cm³/mol. The summed E-state index contributed by atoms with van der Waals surface area (Å²) in [5.41, 5.74) is -0.205. The summed E-state index contributed by atoms with van der Waals surface area (Å²) < 4.78 is 22.8. The first-order chi connectivity index (χ1) is 7.39. The molecule has 0 aromatic heterocycles. The lowest BCUT2D eigenvalue weighted by Gasteiger charge is -2.31. The van der Waals surface area contributed by atoms with Crippen LogP contribution in [0.4, 0.5) is 0 Å². The third-order valence-electron chi connectivity index (χ3n) is 1.77. The summed E-state index contributed by atoms with van der Waals surface area (Å²) in [5, 5.41) is 0. The van der Waals surface area contributed by atoms with Gasteiger partial charge in [-0.3, -0.25) is 0 Å². The maximum atomic E-state index is 5.74. The molecule has 0 aliphatic carbocycles. The fourth-order valence-electron chi connectivity index (χ4n) is 1.21. The van der Waals surface area contributed by atoms with E-state index >= 15 is 0 Å². The Bertz CT molecular complexity index is 162. The highest BCUT2D eigenvalue weighted by molar-refractivity contribution is 6.60. The summed E-state index contributed by atoms with van der Waals surface area (Å²) in [5.74, 6) is 0. The van der Waals surface area contributed by atoms with Crippen LogP contribution in [0.3, 0.4) is 0 Å². The second kappa shape index (κ2) is 7.40. The lowest BCUT2D eigenvalue weighted by molar-refractivity contribution is -0.0270. The van der Waals surface area contributed by atoms with Gasteiger partial charge in [0.25, 0.3) is 0 Å². The van der Waals surface area contributed by atoms with Gasteiger partial charge in [0.15, 0.2) is 0 Å². The first-order valence-electron chi connectivity index (χ1n) is 5.95. The van der Waals surface area contributed by atoms with E-state index in [1.807, 2.05) is 41.5 Å². The highest BCUT2D eigenvalue weighted by Crippen LogP contribution is 2.15. The van der Waals surface area contributed by atoms with E-state index in [9.17, 15) is 0 Å². The van der Waals surface area contributed by atoms with Crippen molar-refractivity contribution in [2.75, 3.05) is 26.1 Å². The maximum Gasteiger partial charge on any atom is 0.528 e. The molecule has 0 saturated heterocycles. The van der Waals surface area contributed by atoms with Gasteiger partial charge in [-0.25, -0.2) is 0 Å². The number of hydrogen-bond donors (Lipinski definition) is 0. The van der Waals surface area contributed by atoms with Crippen molar-refractivity contribution >= 4 is 8.80 Å². The van der Waals surface area contributed by atoms with Crippen molar-refractivity contribution in [2.45, 2.75) is 47.1 Å². The zero-order valence-electron chi connectivity index (χ0n) is 11.5. The molecule has 0 atom stereocenters. The van der Waals surface area contributed by atoms with Crippen LogP contribution >= 0.6 is 0 Å². The summed E-state index contributed by atoms with van der Waals surface area (Å²) in [6.45, 7) is 13.6. The minimum atomic E-state index is -2.63. The number of hydrogen-bond acceptors (Lipinski definition) is 4. The topological polar surface area (TPSA) is 36.9 Å². The Morgan fingerprint density at radius 3 is 1.44 bits per heavy atom. The van der Waals surface area contributed by atoms with Crippen LogP contribution in [0.25, 0.3) is 0 Å². The Balaban J connectivity index is 4.46. The van der Waals surface area contributed by atoms with Crippen LogP contribution in [0.5, 0.6) is 0 Å². The van der Waals surface area contributed by atoms with Crippen LogP contribution in [0.15, 0.2) is 0 Å². The molecule has 16 heavy (non-hydrogen) atoms. The quantitative estimate of drug-likeness (QED) is 0.620. The molecular weight excluding hydrogens is 224 g/mol. The molecule has 0 aromatic rings. The molecular formula is C11H26O4Si. The fourth-order valence-corrected chi connectivity index (χ4v) is 3.64. The summed E-state index contributed by atoms with van der Waals surface area (Å²) >= 11 is 0. The van der Waals surface area contributed by atoms with Crippen molar-refractivity contribution in [3.8, 4) is 0 Å². The largest absolute Gasteiger partial charge is 0.528 e. The smallest absolute Gasteiger partial charge is 0.372 e. The molecule has 0 fully saturated rings. The van der Waals surface area contributed by atoms with Gasteiger partial charge in [0.1, 0.15) is 6.23 Å². The zero-order valence-corrected chi connectivity index (χ0v) is 12.5. The van der Waals surface area contributed by atoms with Crippen molar-refractivity contribution in [3.05, 3.63) is 0 Å². The Labute approximate surface area is 101 Å².